The minimum Gasteiger partial charge on any atom is -0.470 e. The van der Waals surface area contributed by atoms with Gasteiger partial charge >= 0.3 is 0 Å². The summed E-state index contributed by atoms with van der Waals surface area (Å²) in [5, 5.41) is 1.90. The number of rotatable bonds is 8. The number of nitrogens with zero attached hydrogens (tertiary/aromatic N) is 3. The normalized spacial score (nSPS) is 18.7. The van der Waals surface area contributed by atoms with Crippen molar-refractivity contribution in [2.24, 2.45) is 17.6 Å². The Labute approximate surface area is 218 Å². The fourth-order valence-corrected chi connectivity index (χ4v) is 6.36. The third kappa shape index (κ3) is 9.53. The Morgan fingerprint density at radius 1 is 1.14 bits per heavy atom. The van der Waals surface area contributed by atoms with Crippen LogP contribution in [0.2, 0.25) is 0 Å². The molecule has 0 spiro atoms. The molecule has 1 saturated heterocycles. The van der Waals surface area contributed by atoms with Gasteiger partial charge in [0, 0.05) is 47.8 Å². The summed E-state index contributed by atoms with van der Waals surface area (Å²) < 4.78 is 11.1. The van der Waals surface area contributed by atoms with Crippen LogP contribution in [0.1, 0.15) is 59.0 Å². The maximum atomic E-state index is 9.96. The summed E-state index contributed by atoms with van der Waals surface area (Å²) >= 11 is 3.34. The molecule has 0 radical (unpaired) electrons. The highest BCUT2D eigenvalue weighted by molar-refractivity contribution is 7.13. The van der Waals surface area contributed by atoms with Gasteiger partial charge in [-0.2, -0.15) is 0 Å². The molecular weight excluding hydrogens is 480 g/mol. The molecule has 7 nitrogen and oxygen atoms in total. The van der Waals surface area contributed by atoms with Gasteiger partial charge in [0.2, 0.25) is 0 Å². The summed E-state index contributed by atoms with van der Waals surface area (Å²) in [6, 6.07) is 0. The van der Waals surface area contributed by atoms with Gasteiger partial charge in [-0.05, 0) is 39.3 Å². The predicted octanol–water partition coefficient (Wildman–Crippen LogP) is 4.31. The third-order valence-electron chi connectivity index (χ3n) is 6.76. The van der Waals surface area contributed by atoms with Crippen molar-refractivity contribution in [2.75, 3.05) is 46.5 Å². The molecule has 35 heavy (non-hydrogen) atoms. The lowest BCUT2D eigenvalue weighted by molar-refractivity contribution is -0.107. The number of fused-ring (bicyclic) bond motifs is 1. The summed E-state index contributed by atoms with van der Waals surface area (Å²) in [7, 11) is 1.50. The Kier molecular flexibility index (Phi) is 12.6. The van der Waals surface area contributed by atoms with Gasteiger partial charge in [0.15, 0.2) is 0 Å². The largest absolute Gasteiger partial charge is 0.470 e. The van der Waals surface area contributed by atoms with E-state index in [4.69, 9.17) is 14.5 Å². The lowest BCUT2D eigenvalue weighted by atomic mass is 9.87. The van der Waals surface area contributed by atoms with Crippen molar-refractivity contribution in [3.8, 4) is 5.19 Å². The molecule has 1 saturated carbocycles. The van der Waals surface area contributed by atoms with Gasteiger partial charge < -0.3 is 24.9 Å². The van der Waals surface area contributed by atoms with Crippen LogP contribution in [-0.4, -0.2) is 67.7 Å². The second-order valence-electron chi connectivity index (χ2n) is 9.41. The molecular formula is C26H42N4O3S2. The lowest BCUT2D eigenvalue weighted by Gasteiger charge is -2.26. The number of carbonyl (C=O) groups excluding carboxylic acids is 1. The first-order valence-corrected chi connectivity index (χ1v) is 14.7. The predicted molar refractivity (Wildman–Crippen MR) is 144 cm³/mol. The molecule has 1 aliphatic carbocycles. The number of ether oxygens (including phenoxy) is 2. The molecule has 0 unspecified atom stereocenters. The van der Waals surface area contributed by atoms with Gasteiger partial charge in [0.05, 0.1) is 30.5 Å². The smallest absolute Gasteiger partial charge is 0.273 e. The van der Waals surface area contributed by atoms with Crippen molar-refractivity contribution < 1.29 is 14.3 Å². The van der Waals surface area contributed by atoms with Gasteiger partial charge in [0.25, 0.3) is 5.19 Å². The number of hydrogen-bond donors (Lipinski definition) is 1. The molecule has 0 aromatic carbocycles. The number of aromatic nitrogens is 2. The van der Waals surface area contributed by atoms with Gasteiger partial charge in [-0.25, -0.2) is 9.97 Å². The zero-order chi connectivity index (χ0) is 24.9. The van der Waals surface area contributed by atoms with E-state index in [0.29, 0.717) is 12.3 Å². The summed E-state index contributed by atoms with van der Waals surface area (Å²) in [4.78, 5) is 23.9. The first-order valence-electron chi connectivity index (χ1n) is 13.0. The average Bonchev–Trinajstić information content (AvgIpc) is 3.40. The van der Waals surface area contributed by atoms with Crippen LogP contribution in [0.3, 0.4) is 0 Å². The van der Waals surface area contributed by atoms with Crippen LogP contribution in [0.15, 0.2) is 6.20 Å². The van der Waals surface area contributed by atoms with Crippen LogP contribution in [0.5, 0.6) is 5.19 Å². The van der Waals surface area contributed by atoms with E-state index in [9.17, 15) is 4.79 Å². The molecule has 196 valence electrons. The maximum absolute atomic E-state index is 9.96. The standard InChI is InChI=1S/C19H30N2O2S.C6H7NOS.CH5N/c1-2-4-15(5-3-1)6-9-21-10-7-17-18(8-11-21)24-19(20-17)23-14-16-12-22-13-16;1-5-7-4-6(9-5)2-3-8;1-2/h15-16H,1-14H2;3-4H,2H2,1H3;2H2,1H3. The number of nitrogens with two attached hydrogens (primary N) is 1. The highest BCUT2D eigenvalue weighted by Crippen LogP contribution is 2.30. The van der Waals surface area contributed by atoms with Crippen molar-refractivity contribution in [2.45, 2.75) is 64.7 Å². The molecule has 2 N–H and O–H groups in total. The monoisotopic (exact) mass is 522 g/mol. The number of thiazole rings is 2. The van der Waals surface area contributed by atoms with Gasteiger partial charge in [0.1, 0.15) is 6.29 Å². The van der Waals surface area contributed by atoms with Crippen molar-refractivity contribution >= 4 is 29.0 Å². The van der Waals surface area contributed by atoms with Crippen molar-refractivity contribution in [1.82, 2.24) is 14.9 Å². The summed E-state index contributed by atoms with van der Waals surface area (Å²) in [5.74, 6) is 1.56. The van der Waals surface area contributed by atoms with Crippen LogP contribution in [0, 0.1) is 18.8 Å². The topological polar surface area (TPSA) is 90.6 Å². The zero-order valence-corrected chi connectivity index (χ0v) is 23.0. The Hall–Kier alpha value is -1.39. The third-order valence-corrected chi connectivity index (χ3v) is 8.77. The Morgan fingerprint density at radius 2 is 1.91 bits per heavy atom. The molecule has 0 bridgehead atoms. The molecule has 0 amide bonds. The van der Waals surface area contributed by atoms with Crippen molar-refractivity contribution in [3.63, 3.8) is 0 Å². The fourth-order valence-electron chi connectivity index (χ4n) is 4.66. The van der Waals surface area contributed by atoms with Crippen LogP contribution in [0.25, 0.3) is 0 Å². The molecule has 2 aliphatic heterocycles. The minimum absolute atomic E-state index is 0.505. The van der Waals surface area contributed by atoms with E-state index in [0.717, 1.165) is 59.9 Å². The zero-order valence-electron chi connectivity index (χ0n) is 21.4. The SMILES string of the molecule is C1CCC(CCN2CCc3nc(OCC4COC4)sc3CC2)CC1.CN.Cc1ncc(CC=O)s1. The van der Waals surface area contributed by atoms with Gasteiger partial charge in [-0.1, -0.05) is 43.4 Å². The quantitative estimate of drug-likeness (QED) is 0.517. The summed E-state index contributed by atoms with van der Waals surface area (Å²) in [5.41, 5.74) is 5.79. The first-order chi connectivity index (χ1) is 17.2. The van der Waals surface area contributed by atoms with E-state index in [2.05, 4.69) is 15.6 Å². The Morgan fingerprint density at radius 3 is 2.57 bits per heavy atom. The molecule has 0 atom stereocenters. The number of aryl methyl sites for hydroxylation is 1. The van der Waals surface area contributed by atoms with E-state index in [1.165, 1.54) is 75.8 Å². The fraction of sp³-hybridized carbons (Fsp3) is 0.731. The first kappa shape index (κ1) is 28.2. The molecule has 2 aromatic heterocycles. The lowest BCUT2D eigenvalue weighted by Crippen LogP contribution is -2.32. The summed E-state index contributed by atoms with van der Waals surface area (Å²) in [6.45, 7) is 8.03. The van der Waals surface area contributed by atoms with Crippen molar-refractivity contribution in [1.29, 1.82) is 0 Å². The van der Waals surface area contributed by atoms with E-state index in [-0.39, 0.29) is 0 Å². The number of aldehydes is 1. The van der Waals surface area contributed by atoms with Crippen LogP contribution < -0.4 is 10.5 Å². The van der Waals surface area contributed by atoms with E-state index < -0.39 is 0 Å². The van der Waals surface area contributed by atoms with Crippen LogP contribution >= 0.6 is 22.7 Å². The van der Waals surface area contributed by atoms with Crippen molar-refractivity contribution in [3.05, 3.63) is 26.7 Å². The van der Waals surface area contributed by atoms with E-state index in [1.54, 1.807) is 28.9 Å². The highest BCUT2D eigenvalue weighted by Gasteiger charge is 2.23. The summed E-state index contributed by atoms with van der Waals surface area (Å²) in [6.07, 6.45) is 14.1. The molecule has 2 fully saturated rings. The van der Waals surface area contributed by atoms with Crippen LogP contribution in [-0.2, 0) is 28.8 Å². The molecule has 3 aliphatic rings. The van der Waals surface area contributed by atoms with E-state index >= 15 is 0 Å². The second kappa shape index (κ2) is 15.7. The van der Waals surface area contributed by atoms with Gasteiger partial charge in [-0.3, -0.25) is 0 Å². The molecule has 2 aromatic rings. The Bertz CT molecular complexity index is 837. The minimum atomic E-state index is 0.505. The Balaban J connectivity index is 0.000000262. The van der Waals surface area contributed by atoms with Crippen LogP contribution in [0.4, 0.5) is 0 Å². The second-order valence-corrected chi connectivity index (χ2v) is 11.8. The number of carbonyl (C=O) groups is 1. The molecule has 9 heteroatoms. The van der Waals surface area contributed by atoms with Gasteiger partial charge in [-0.15, -0.1) is 11.3 Å². The molecule has 4 heterocycles. The highest BCUT2D eigenvalue weighted by atomic mass is 32.1. The molecule has 5 rings (SSSR count). The maximum Gasteiger partial charge on any atom is 0.273 e. The number of hydrogen-bond acceptors (Lipinski definition) is 9. The average molecular weight is 523 g/mol. The van der Waals surface area contributed by atoms with E-state index in [1.807, 2.05) is 6.92 Å².